The van der Waals surface area contributed by atoms with E-state index in [1.165, 1.54) is 13.3 Å². The molecule has 2 aromatic heterocycles. The molecular formula is C14H18ClN5O. The highest BCUT2D eigenvalue weighted by Gasteiger charge is 2.23. The zero-order valence-corrected chi connectivity index (χ0v) is 13.0. The van der Waals surface area contributed by atoms with Crippen LogP contribution in [0.2, 0.25) is 5.28 Å². The van der Waals surface area contributed by atoms with Gasteiger partial charge >= 0.3 is 0 Å². The summed E-state index contributed by atoms with van der Waals surface area (Å²) in [6.45, 7) is 5.99. The van der Waals surface area contributed by atoms with Gasteiger partial charge in [-0.2, -0.15) is 9.97 Å². The van der Waals surface area contributed by atoms with E-state index in [2.05, 4.69) is 19.9 Å². The maximum absolute atomic E-state index is 11.8. The Kier molecular flexibility index (Phi) is 3.80. The molecule has 0 amide bonds. The SMILES string of the molecule is CCn1c(C(C)=O)nc2c(N3CCCCC3)nc(Cl)nc21. The van der Waals surface area contributed by atoms with Crippen LogP contribution < -0.4 is 4.90 Å². The van der Waals surface area contributed by atoms with Crippen LogP contribution in [0.15, 0.2) is 0 Å². The van der Waals surface area contributed by atoms with Gasteiger partial charge in [0.05, 0.1) is 0 Å². The van der Waals surface area contributed by atoms with Crippen molar-refractivity contribution in [1.29, 1.82) is 0 Å². The van der Waals surface area contributed by atoms with Crippen molar-refractivity contribution in [3.8, 4) is 0 Å². The number of halogens is 1. The molecule has 0 aliphatic carbocycles. The number of Topliss-reactive ketones (excluding diaryl/α,β-unsaturated/α-hetero) is 1. The quantitative estimate of drug-likeness (QED) is 0.644. The summed E-state index contributed by atoms with van der Waals surface area (Å²) in [5, 5.41) is 0.202. The third-order valence-corrected chi connectivity index (χ3v) is 4.00. The molecular weight excluding hydrogens is 290 g/mol. The summed E-state index contributed by atoms with van der Waals surface area (Å²) in [6.07, 6.45) is 3.51. The van der Waals surface area contributed by atoms with Crippen LogP contribution in [0.1, 0.15) is 43.7 Å². The average molecular weight is 308 g/mol. The van der Waals surface area contributed by atoms with Gasteiger partial charge in [0.2, 0.25) is 5.28 Å². The fourth-order valence-corrected chi connectivity index (χ4v) is 3.02. The smallest absolute Gasteiger partial charge is 0.226 e. The van der Waals surface area contributed by atoms with Gasteiger partial charge in [-0.1, -0.05) is 0 Å². The number of hydrogen-bond acceptors (Lipinski definition) is 5. The van der Waals surface area contributed by atoms with Gasteiger partial charge in [0.25, 0.3) is 0 Å². The lowest BCUT2D eigenvalue weighted by atomic mass is 10.1. The van der Waals surface area contributed by atoms with Gasteiger partial charge < -0.3 is 9.47 Å². The summed E-state index contributed by atoms with van der Waals surface area (Å²) in [7, 11) is 0. The Morgan fingerprint density at radius 2 is 1.90 bits per heavy atom. The largest absolute Gasteiger partial charge is 0.355 e. The first-order valence-corrected chi connectivity index (χ1v) is 7.69. The molecule has 7 heteroatoms. The first-order valence-electron chi connectivity index (χ1n) is 7.31. The molecule has 0 radical (unpaired) electrons. The Labute approximate surface area is 128 Å². The van der Waals surface area contributed by atoms with Crippen LogP contribution in [0.4, 0.5) is 5.82 Å². The van der Waals surface area contributed by atoms with Crippen molar-refractivity contribution < 1.29 is 4.79 Å². The predicted octanol–water partition coefficient (Wildman–Crippen LogP) is 2.69. The van der Waals surface area contributed by atoms with Gasteiger partial charge in [0.1, 0.15) is 0 Å². The van der Waals surface area contributed by atoms with Crippen molar-refractivity contribution in [2.75, 3.05) is 18.0 Å². The standard InChI is InChI=1S/C14H18ClN5O/c1-3-20-11(9(2)21)16-10-12(17-14(15)18-13(10)20)19-7-5-4-6-8-19/h3-8H2,1-2H3. The van der Waals surface area contributed by atoms with E-state index in [9.17, 15) is 4.79 Å². The Morgan fingerprint density at radius 1 is 1.19 bits per heavy atom. The first-order chi connectivity index (χ1) is 10.1. The van der Waals surface area contributed by atoms with Crippen molar-refractivity contribution in [3.05, 3.63) is 11.1 Å². The molecule has 0 aromatic carbocycles. The molecule has 1 aliphatic rings. The summed E-state index contributed by atoms with van der Waals surface area (Å²) in [5.41, 5.74) is 1.32. The second kappa shape index (κ2) is 5.60. The van der Waals surface area contributed by atoms with Crippen LogP contribution >= 0.6 is 11.6 Å². The van der Waals surface area contributed by atoms with Gasteiger partial charge in [-0.25, -0.2) is 4.98 Å². The fraction of sp³-hybridized carbons (Fsp3) is 0.571. The zero-order valence-electron chi connectivity index (χ0n) is 12.3. The van der Waals surface area contributed by atoms with Gasteiger partial charge in [-0.3, -0.25) is 4.79 Å². The second-order valence-electron chi connectivity index (χ2n) is 5.27. The van der Waals surface area contributed by atoms with E-state index in [1.807, 2.05) is 6.92 Å². The summed E-state index contributed by atoms with van der Waals surface area (Å²) >= 11 is 6.09. The Morgan fingerprint density at radius 3 is 2.52 bits per heavy atom. The number of aryl methyl sites for hydroxylation is 1. The molecule has 6 nitrogen and oxygen atoms in total. The summed E-state index contributed by atoms with van der Waals surface area (Å²) in [4.78, 5) is 27.1. The fourth-order valence-electron chi connectivity index (χ4n) is 2.85. The van der Waals surface area contributed by atoms with Crippen LogP contribution in [-0.4, -0.2) is 38.4 Å². The molecule has 3 heterocycles. The van der Waals surface area contributed by atoms with E-state index >= 15 is 0 Å². The molecule has 0 bridgehead atoms. The molecule has 1 saturated heterocycles. The van der Waals surface area contributed by atoms with E-state index in [1.54, 1.807) is 4.57 Å². The maximum atomic E-state index is 11.8. The highest BCUT2D eigenvalue weighted by atomic mass is 35.5. The minimum Gasteiger partial charge on any atom is -0.355 e. The van der Waals surface area contributed by atoms with Crippen LogP contribution in [-0.2, 0) is 6.54 Å². The molecule has 21 heavy (non-hydrogen) atoms. The van der Waals surface area contributed by atoms with Gasteiger partial charge in [-0.15, -0.1) is 0 Å². The number of carbonyl (C=O) groups is 1. The Hall–Kier alpha value is -1.69. The number of imidazole rings is 1. The van der Waals surface area contributed by atoms with E-state index < -0.39 is 0 Å². The number of aromatic nitrogens is 4. The minimum atomic E-state index is -0.0735. The molecule has 0 atom stereocenters. The van der Waals surface area contributed by atoms with Crippen molar-refractivity contribution in [2.45, 2.75) is 39.7 Å². The number of piperidine rings is 1. The normalized spacial score (nSPS) is 15.7. The van der Waals surface area contributed by atoms with Crippen LogP contribution in [0.25, 0.3) is 11.2 Å². The number of anilines is 1. The third-order valence-electron chi connectivity index (χ3n) is 3.84. The van der Waals surface area contributed by atoms with Crippen LogP contribution in [0.3, 0.4) is 0 Å². The molecule has 1 aliphatic heterocycles. The van der Waals surface area contributed by atoms with Gasteiger partial charge in [0, 0.05) is 26.6 Å². The molecule has 112 valence electrons. The number of fused-ring (bicyclic) bond motifs is 1. The van der Waals surface area contributed by atoms with Crippen molar-refractivity contribution >= 4 is 34.4 Å². The molecule has 0 N–H and O–H groups in total. The first kappa shape index (κ1) is 14.3. The summed E-state index contributed by atoms with van der Waals surface area (Å²) in [6, 6.07) is 0. The number of nitrogens with zero attached hydrogens (tertiary/aromatic N) is 5. The number of carbonyl (C=O) groups excluding carboxylic acids is 1. The van der Waals surface area contributed by atoms with E-state index in [0.29, 0.717) is 23.5 Å². The zero-order chi connectivity index (χ0) is 15.0. The lowest BCUT2D eigenvalue weighted by Crippen LogP contribution is -2.30. The lowest BCUT2D eigenvalue weighted by Gasteiger charge is -2.27. The molecule has 0 spiro atoms. The highest BCUT2D eigenvalue weighted by molar-refractivity contribution is 6.28. The van der Waals surface area contributed by atoms with Crippen LogP contribution in [0.5, 0.6) is 0 Å². The Balaban J connectivity index is 2.22. The third kappa shape index (κ3) is 2.48. The number of rotatable bonds is 3. The summed E-state index contributed by atoms with van der Waals surface area (Å²) < 4.78 is 1.80. The van der Waals surface area contributed by atoms with E-state index in [0.717, 1.165) is 31.7 Å². The molecule has 1 fully saturated rings. The highest BCUT2D eigenvalue weighted by Crippen LogP contribution is 2.28. The molecule has 0 saturated carbocycles. The van der Waals surface area contributed by atoms with Gasteiger partial charge in [-0.05, 0) is 37.8 Å². The van der Waals surface area contributed by atoms with Crippen LogP contribution in [0, 0.1) is 0 Å². The number of ketones is 1. The van der Waals surface area contributed by atoms with Crippen molar-refractivity contribution in [3.63, 3.8) is 0 Å². The molecule has 2 aromatic rings. The monoisotopic (exact) mass is 307 g/mol. The Bertz CT molecular complexity index is 690. The maximum Gasteiger partial charge on any atom is 0.226 e. The van der Waals surface area contributed by atoms with E-state index in [-0.39, 0.29) is 11.1 Å². The van der Waals surface area contributed by atoms with Crippen molar-refractivity contribution in [2.24, 2.45) is 0 Å². The molecule has 0 unspecified atom stereocenters. The van der Waals surface area contributed by atoms with E-state index in [4.69, 9.17) is 11.6 Å². The lowest BCUT2D eigenvalue weighted by molar-refractivity contribution is 0.1000. The average Bonchev–Trinajstić information content (AvgIpc) is 2.85. The second-order valence-corrected chi connectivity index (χ2v) is 5.61. The minimum absolute atomic E-state index is 0.0735. The predicted molar refractivity (Wildman–Crippen MR) is 82.1 cm³/mol. The number of hydrogen-bond donors (Lipinski definition) is 0. The molecule has 3 rings (SSSR count). The topological polar surface area (TPSA) is 63.9 Å². The summed E-state index contributed by atoms with van der Waals surface area (Å²) in [5.74, 6) is 1.09. The van der Waals surface area contributed by atoms with Crippen molar-refractivity contribution in [1.82, 2.24) is 19.5 Å². The van der Waals surface area contributed by atoms with Gasteiger partial charge in [0.15, 0.2) is 28.6 Å².